The minimum atomic E-state index is -1.74. The van der Waals surface area contributed by atoms with Crippen molar-refractivity contribution in [2.75, 3.05) is 5.32 Å². The summed E-state index contributed by atoms with van der Waals surface area (Å²) >= 11 is 0. The van der Waals surface area contributed by atoms with Gasteiger partial charge in [-0.15, -0.1) is 0 Å². The summed E-state index contributed by atoms with van der Waals surface area (Å²) in [5.41, 5.74) is -1.26. The molecule has 2 rings (SSSR count). The number of carbonyl (C=O) groups excluding carboxylic acids is 2. The summed E-state index contributed by atoms with van der Waals surface area (Å²) in [7, 11) is 0. The number of benzene rings is 1. The summed E-state index contributed by atoms with van der Waals surface area (Å²) < 4.78 is 0. The maximum Gasteiger partial charge on any atom is 0.261 e. The molecular weight excluding hydrogens is 230 g/mol. The van der Waals surface area contributed by atoms with Crippen LogP contribution in [-0.2, 0) is 15.2 Å². The van der Waals surface area contributed by atoms with Gasteiger partial charge in [-0.1, -0.05) is 39.0 Å². The Morgan fingerprint density at radius 1 is 1.33 bits per heavy atom. The predicted molar refractivity (Wildman–Crippen MR) is 68.0 cm³/mol. The van der Waals surface area contributed by atoms with E-state index in [0.29, 0.717) is 11.3 Å². The first-order chi connectivity index (χ1) is 8.25. The van der Waals surface area contributed by atoms with Crippen molar-refractivity contribution in [1.82, 2.24) is 0 Å². The number of amides is 1. The molecule has 1 unspecified atom stereocenters. The van der Waals surface area contributed by atoms with Gasteiger partial charge in [0.15, 0.2) is 5.60 Å². The van der Waals surface area contributed by atoms with Crippen LogP contribution >= 0.6 is 0 Å². The van der Waals surface area contributed by atoms with Crippen molar-refractivity contribution in [2.24, 2.45) is 5.41 Å². The van der Waals surface area contributed by atoms with Crippen molar-refractivity contribution in [3.63, 3.8) is 0 Å². The highest BCUT2D eigenvalue weighted by Gasteiger charge is 2.47. The molecule has 1 aliphatic heterocycles. The molecule has 0 fully saturated rings. The first-order valence-electron chi connectivity index (χ1n) is 5.92. The van der Waals surface area contributed by atoms with Gasteiger partial charge in [0.05, 0.1) is 0 Å². The lowest BCUT2D eigenvalue weighted by atomic mass is 9.81. The largest absolute Gasteiger partial charge is 0.375 e. The Morgan fingerprint density at radius 2 is 1.94 bits per heavy atom. The Morgan fingerprint density at radius 3 is 2.56 bits per heavy atom. The Bertz CT molecular complexity index is 516. The van der Waals surface area contributed by atoms with Gasteiger partial charge in [0.25, 0.3) is 5.91 Å². The fourth-order valence-corrected chi connectivity index (χ4v) is 1.97. The topological polar surface area (TPSA) is 66.4 Å². The molecule has 0 spiro atoms. The first kappa shape index (κ1) is 12.8. The van der Waals surface area contributed by atoms with Gasteiger partial charge < -0.3 is 10.4 Å². The zero-order valence-corrected chi connectivity index (χ0v) is 10.8. The van der Waals surface area contributed by atoms with Gasteiger partial charge in [0, 0.05) is 23.1 Å². The van der Waals surface area contributed by atoms with Gasteiger partial charge in [-0.3, -0.25) is 9.59 Å². The first-order valence-corrected chi connectivity index (χ1v) is 5.92. The fraction of sp³-hybridized carbons (Fsp3) is 0.429. The normalized spacial score (nSPS) is 22.6. The van der Waals surface area contributed by atoms with Crippen LogP contribution in [0.5, 0.6) is 0 Å². The molecule has 1 aliphatic rings. The number of para-hydroxylation sites is 1. The summed E-state index contributed by atoms with van der Waals surface area (Å²) in [6.45, 7) is 5.33. The molecule has 2 N–H and O–H groups in total. The summed E-state index contributed by atoms with van der Waals surface area (Å²) in [6, 6.07) is 6.90. The van der Waals surface area contributed by atoms with Crippen molar-refractivity contribution >= 4 is 17.4 Å². The molecule has 96 valence electrons. The lowest BCUT2D eigenvalue weighted by Crippen LogP contribution is -2.39. The highest BCUT2D eigenvalue weighted by Crippen LogP contribution is 2.39. The number of hydrogen-bond donors (Lipinski definition) is 2. The molecule has 0 aliphatic carbocycles. The van der Waals surface area contributed by atoms with Crippen LogP contribution in [0.2, 0.25) is 0 Å². The van der Waals surface area contributed by atoms with E-state index in [4.69, 9.17) is 0 Å². The summed E-state index contributed by atoms with van der Waals surface area (Å²) in [6.07, 6.45) is -0.195. The fourth-order valence-electron chi connectivity index (χ4n) is 1.97. The minimum Gasteiger partial charge on any atom is -0.375 e. The lowest BCUT2D eigenvalue weighted by Gasteiger charge is -2.24. The number of aliphatic hydroxyl groups is 1. The second kappa shape index (κ2) is 3.92. The maximum absolute atomic E-state index is 12.0. The third kappa shape index (κ3) is 1.93. The number of fused-ring (bicyclic) bond motifs is 1. The van der Waals surface area contributed by atoms with E-state index < -0.39 is 16.9 Å². The molecule has 0 saturated carbocycles. The van der Waals surface area contributed by atoms with Crippen LogP contribution in [-0.4, -0.2) is 16.8 Å². The van der Waals surface area contributed by atoms with Crippen LogP contribution in [0, 0.1) is 5.41 Å². The van der Waals surface area contributed by atoms with E-state index in [1.54, 1.807) is 45.0 Å². The second-order valence-corrected chi connectivity index (χ2v) is 5.71. The van der Waals surface area contributed by atoms with Gasteiger partial charge in [-0.05, 0) is 6.07 Å². The molecule has 0 saturated heterocycles. The highest BCUT2D eigenvalue weighted by atomic mass is 16.3. The van der Waals surface area contributed by atoms with Gasteiger partial charge in [0.1, 0.15) is 5.78 Å². The standard InChI is InChI=1S/C14H17NO3/c1-13(2,3)11(16)8-14(18)9-6-4-5-7-10(9)15-12(14)17/h4-7,18H,8H2,1-3H3,(H,15,17). The van der Waals surface area contributed by atoms with Crippen LogP contribution in [0.1, 0.15) is 32.8 Å². The van der Waals surface area contributed by atoms with Gasteiger partial charge in [-0.25, -0.2) is 0 Å². The lowest BCUT2D eigenvalue weighted by molar-refractivity contribution is -0.143. The molecular formula is C14H17NO3. The van der Waals surface area contributed by atoms with Crippen molar-refractivity contribution in [1.29, 1.82) is 0 Å². The van der Waals surface area contributed by atoms with E-state index in [0.717, 1.165) is 0 Å². The third-order valence-corrected chi connectivity index (χ3v) is 3.25. The average molecular weight is 247 g/mol. The van der Waals surface area contributed by atoms with Gasteiger partial charge in [0.2, 0.25) is 0 Å². The zero-order valence-electron chi connectivity index (χ0n) is 10.8. The Balaban J connectivity index is 2.37. The van der Waals surface area contributed by atoms with E-state index in [2.05, 4.69) is 5.32 Å². The number of nitrogens with one attached hydrogen (secondary N) is 1. The molecule has 0 aromatic heterocycles. The van der Waals surface area contributed by atoms with Gasteiger partial charge >= 0.3 is 0 Å². The molecule has 0 bridgehead atoms. The van der Waals surface area contributed by atoms with Crippen LogP contribution in [0.15, 0.2) is 24.3 Å². The van der Waals surface area contributed by atoms with Crippen molar-refractivity contribution in [3.05, 3.63) is 29.8 Å². The van der Waals surface area contributed by atoms with Crippen LogP contribution in [0.25, 0.3) is 0 Å². The quantitative estimate of drug-likeness (QED) is 0.838. The Hall–Kier alpha value is -1.68. The van der Waals surface area contributed by atoms with E-state index in [1.165, 1.54) is 0 Å². The summed E-state index contributed by atoms with van der Waals surface area (Å²) in [4.78, 5) is 23.9. The van der Waals surface area contributed by atoms with Crippen LogP contribution < -0.4 is 5.32 Å². The average Bonchev–Trinajstić information content (AvgIpc) is 2.51. The number of Topliss-reactive ketones (excluding diaryl/α,β-unsaturated/α-hetero) is 1. The predicted octanol–water partition coefficient (Wildman–Crippen LogP) is 1.83. The molecule has 4 nitrogen and oxygen atoms in total. The molecule has 18 heavy (non-hydrogen) atoms. The third-order valence-electron chi connectivity index (χ3n) is 3.25. The Labute approximate surface area is 106 Å². The van der Waals surface area contributed by atoms with E-state index in [1.807, 2.05) is 0 Å². The molecule has 1 atom stereocenters. The molecule has 1 aromatic rings. The highest BCUT2D eigenvalue weighted by molar-refractivity contribution is 6.07. The monoisotopic (exact) mass is 247 g/mol. The van der Waals surface area contributed by atoms with Crippen molar-refractivity contribution < 1.29 is 14.7 Å². The maximum atomic E-state index is 12.0. The summed E-state index contributed by atoms with van der Waals surface area (Å²) in [5, 5.41) is 13.1. The molecule has 1 aromatic carbocycles. The Kier molecular flexibility index (Phi) is 2.78. The van der Waals surface area contributed by atoms with Crippen molar-refractivity contribution in [3.8, 4) is 0 Å². The van der Waals surface area contributed by atoms with Crippen LogP contribution in [0.3, 0.4) is 0 Å². The van der Waals surface area contributed by atoms with E-state index in [-0.39, 0.29) is 12.2 Å². The molecule has 0 radical (unpaired) electrons. The van der Waals surface area contributed by atoms with E-state index >= 15 is 0 Å². The van der Waals surface area contributed by atoms with Crippen molar-refractivity contribution in [2.45, 2.75) is 32.8 Å². The number of hydrogen-bond acceptors (Lipinski definition) is 3. The number of ketones is 1. The van der Waals surface area contributed by atoms with Gasteiger partial charge in [-0.2, -0.15) is 0 Å². The van der Waals surface area contributed by atoms with E-state index in [9.17, 15) is 14.7 Å². The zero-order chi connectivity index (χ0) is 13.6. The molecule has 1 amide bonds. The second-order valence-electron chi connectivity index (χ2n) is 5.71. The minimum absolute atomic E-state index is 0.142. The summed E-state index contributed by atoms with van der Waals surface area (Å²) in [5.74, 6) is -0.668. The van der Waals surface area contributed by atoms with Crippen LogP contribution in [0.4, 0.5) is 5.69 Å². The number of rotatable bonds is 2. The molecule has 4 heteroatoms. The number of carbonyl (C=O) groups is 2. The number of anilines is 1. The smallest absolute Gasteiger partial charge is 0.261 e. The SMILES string of the molecule is CC(C)(C)C(=O)CC1(O)C(=O)Nc2ccccc21. The molecule has 1 heterocycles.